The van der Waals surface area contributed by atoms with Gasteiger partial charge in [0.05, 0.1) is 35.4 Å². The standard InChI is InChI=1S/C31H40F3N5O3S/c1-5-38(6-2)23-14-12-22(13-15-23)37-27-10-7-11-29-26(27)19-24(39(29)21-31(32,33)34)9-8-18-36-28-17-16-25(20-30(28)42-4)43(40,41)35-3/h7,10-11,16-17,19-20,22-23,35-37H,5-6,12-15,18,21H2,1-4H3. The molecule has 1 fully saturated rings. The highest BCUT2D eigenvalue weighted by atomic mass is 32.2. The topological polar surface area (TPSA) is 87.6 Å². The fourth-order valence-electron chi connectivity index (χ4n) is 5.79. The van der Waals surface area contributed by atoms with Gasteiger partial charge in [-0.15, -0.1) is 0 Å². The van der Waals surface area contributed by atoms with E-state index in [1.165, 1.54) is 30.9 Å². The maximum Gasteiger partial charge on any atom is 0.406 e. The predicted molar refractivity (Wildman–Crippen MR) is 165 cm³/mol. The molecule has 234 valence electrons. The van der Waals surface area contributed by atoms with Gasteiger partial charge < -0.3 is 24.8 Å². The molecule has 1 heterocycles. The zero-order valence-corrected chi connectivity index (χ0v) is 25.8. The Bertz CT molecular complexity index is 1560. The molecular weight excluding hydrogens is 579 g/mol. The van der Waals surface area contributed by atoms with Gasteiger partial charge in [0, 0.05) is 29.2 Å². The Morgan fingerprint density at radius 2 is 1.77 bits per heavy atom. The molecule has 0 bridgehead atoms. The van der Waals surface area contributed by atoms with Crippen molar-refractivity contribution in [3.05, 3.63) is 48.2 Å². The van der Waals surface area contributed by atoms with E-state index in [1.807, 2.05) is 6.07 Å². The monoisotopic (exact) mass is 619 g/mol. The fourth-order valence-corrected chi connectivity index (χ4v) is 6.53. The van der Waals surface area contributed by atoms with E-state index < -0.39 is 22.7 Å². The minimum atomic E-state index is -4.42. The maximum atomic E-state index is 13.6. The largest absolute Gasteiger partial charge is 0.495 e. The second-order valence-corrected chi connectivity index (χ2v) is 12.5. The highest BCUT2D eigenvalue weighted by Gasteiger charge is 2.30. The molecule has 2 aromatic carbocycles. The number of aromatic nitrogens is 1. The van der Waals surface area contributed by atoms with Crippen LogP contribution in [0.3, 0.4) is 0 Å². The molecular formula is C31H40F3N5O3S. The lowest BCUT2D eigenvalue weighted by Gasteiger charge is -2.36. The molecule has 0 spiro atoms. The predicted octanol–water partition coefficient (Wildman–Crippen LogP) is 5.65. The van der Waals surface area contributed by atoms with Crippen LogP contribution in [0.25, 0.3) is 10.9 Å². The summed E-state index contributed by atoms with van der Waals surface area (Å²) in [7, 11) is -0.915. The van der Waals surface area contributed by atoms with Crippen molar-refractivity contribution >= 4 is 32.3 Å². The molecule has 1 aromatic heterocycles. The van der Waals surface area contributed by atoms with Crippen LogP contribution in [0, 0.1) is 11.8 Å². The number of sulfonamides is 1. The van der Waals surface area contributed by atoms with E-state index in [-0.39, 0.29) is 23.2 Å². The van der Waals surface area contributed by atoms with Gasteiger partial charge in [0.2, 0.25) is 10.0 Å². The Hall–Kier alpha value is -3.40. The van der Waals surface area contributed by atoms with Gasteiger partial charge in [-0.2, -0.15) is 13.2 Å². The van der Waals surface area contributed by atoms with Gasteiger partial charge in [-0.05, 0) is 82.1 Å². The molecule has 8 nitrogen and oxygen atoms in total. The van der Waals surface area contributed by atoms with Crippen LogP contribution in [-0.2, 0) is 16.6 Å². The Kier molecular flexibility index (Phi) is 10.5. The first kappa shape index (κ1) is 32.5. The number of benzene rings is 2. The van der Waals surface area contributed by atoms with E-state index in [9.17, 15) is 21.6 Å². The highest BCUT2D eigenvalue weighted by molar-refractivity contribution is 7.89. The van der Waals surface area contributed by atoms with E-state index in [0.29, 0.717) is 28.4 Å². The molecule has 0 amide bonds. The van der Waals surface area contributed by atoms with Crippen LogP contribution < -0.4 is 20.1 Å². The molecule has 1 aliphatic carbocycles. The van der Waals surface area contributed by atoms with Gasteiger partial charge in [0.25, 0.3) is 0 Å². The second-order valence-electron chi connectivity index (χ2n) is 10.6. The van der Waals surface area contributed by atoms with Crippen LogP contribution in [0.15, 0.2) is 47.4 Å². The Morgan fingerprint density at radius 3 is 2.40 bits per heavy atom. The van der Waals surface area contributed by atoms with E-state index in [4.69, 9.17) is 4.74 Å². The third-order valence-electron chi connectivity index (χ3n) is 8.00. The van der Waals surface area contributed by atoms with Gasteiger partial charge >= 0.3 is 6.18 Å². The molecule has 1 aliphatic rings. The van der Waals surface area contributed by atoms with E-state index in [1.54, 1.807) is 24.3 Å². The van der Waals surface area contributed by atoms with Crippen molar-refractivity contribution in [1.82, 2.24) is 14.2 Å². The minimum Gasteiger partial charge on any atom is -0.495 e. The van der Waals surface area contributed by atoms with E-state index in [2.05, 4.69) is 45.9 Å². The number of nitrogens with zero attached hydrogens (tertiary/aromatic N) is 2. The van der Waals surface area contributed by atoms with Crippen molar-refractivity contribution in [3.8, 4) is 17.6 Å². The number of halogens is 3. The molecule has 43 heavy (non-hydrogen) atoms. The number of hydrogen-bond donors (Lipinski definition) is 3. The van der Waals surface area contributed by atoms with Crippen LogP contribution in [0.2, 0.25) is 0 Å². The van der Waals surface area contributed by atoms with Crippen molar-refractivity contribution in [2.45, 2.75) is 69.2 Å². The van der Waals surface area contributed by atoms with E-state index in [0.717, 1.165) is 44.5 Å². The summed E-state index contributed by atoms with van der Waals surface area (Å²) < 4.78 is 73.9. The molecule has 3 aromatic rings. The lowest BCUT2D eigenvalue weighted by molar-refractivity contribution is -0.140. The Morgan fingerprint density at radius 1 is 1.05 bits per heavy atom. The van der Waals surface area contributed by atoms with Crippen LogP contribution in [0.1, 0.15) is 45.2 Å². The third kappa shape index (κ3) is 7.96. The average Bonchev–Trinajstić information content (AvgIpc) is 3.33. The normalized spacial score (nSPS) is 17.5. The molecule has 4 rings (SSSR count). The molecule has 3 N–H and O–H groups in total. The highest BCUT2D eigenvalue weighted by Crippen LogP contribution is 2.33. The molecule has 0 unspecified atom stereocenters. The quantitative estimate of drug-likeness (QED) is 0.241. The van der Waals surface area contributed by atoms with Crippen molar-refractivity contribution in [3.63, 3.8) is 0 Å². The molecule has 0 radical (unpaired) electrons. The SMILES string of the molecule is CCN(CC)C1CCC(Nc2cccc3c2cc(C#CCNc2ccc(S(=O)(=O)NC)cc2OC)n3CC(F)(F)F)CC1. The van der Waals surface area contributed by atoms with Gasteiger partial charge in [-0.3, -0.25) is 0 Å². The Balaban J connectivity index is 1.55. The smallest absolute Gasteiger partial charge is 0.406 e. The van der Waals surface area contributed by atoms with Gasteiger partial charge in [0.1, 0.15) is 12.3 Å². The fraction of sp³-hybridized carbons (Fsp3) is 0.484. The summed E-state index contributed by atoms with van der Waals surface area (Å²) in [6.07, 6.45) is -0.232. The van der Waals surface area contributed by atoms with Gasteiger partial charge in [-0.25, -0.2) is 13.1 Å². The van der Waals surface area contributed by atoms with Crippen LogP contribution >= 0.6 is 0 Å². The van der Waals surface area contributed by atoms with Gasteiger partial charge in [0.15, 0.2) is 0 Å². The molecule has 1 saturated carbocycles. The summed E-state index contributed by atoms with van der Waals surface area (Å²) in [6.45, 7) is 5.39. The molecule has 12 heteroatoms. The van der Waals surface area contributed by atoms with E-state index >= 15 is 0 Å². The zero-order valence-electron chi connectivity index (χ0n) is 25.0. The van der Waals surface area contributed by atoms with Crippen molar-refractivity contribution in [2.24, 2.45) is 0 Å². The lowest BCUT2D eigenvalue weighted by Crippen LogP contribution is -2.40. The number of rotatable bonds is 11. The third-order valence-corrected chi connectivity index (χ3v) is 9.42. The number of anilines is 2. The summed E-state index contributed by atoms with van der Waals surface area (Å²) in [4.78, 5) is 2.54. The minimum absolute atomic E-state index is 0.0431. The summed E-state index contributed by atoms with van der Waals surface area (Å²) in [5, 5.41) is 7.37. The number of nitrogens with one attached hydrogen (secondary N) is 3. The Labute approximate surface area is 252 Å². The molecule has 0 aliphatic heterocycles. The lowest BCUT2D eigenvalue weighted by atomic mass is 9.90. The number of alkyl halides is 3. The average molecular weight is 620 g/mol. The number of hydrogen-bond acceptors (Lipinski definition) is 6. The van der Waals surface area contributed by atoms with Crippen LogP contribution in [-0.4, -0.2) is 69.9 Å². The summed E-state index contributed by atoms with van der Waals surface area (Å²) in [5.41, 5.74) is 2.05. The number of fused-ring (bicyclic) bond motifs is 1. The second kappa shape index (κ2) is 13.9. The van der Waals surface area contributed by atoms with Crippen LogP contribution in [0.5, 0.6) is 5.75 Å². The van der Waals surface area contributed by atoms with Crippen LogP contribution in [0.4, 0.5) is 24.5 Å². The van der Waals surface area contributed by atoms with Gasteiger partial charge in [-0.1, -0.05) is 25.8 Å². The first-order valence-corrected chi connectivity index (χ1v) is 16.0. The van der Waals surface area contributed by atoms with Crippen molar-refractivity contribution in [1.29, 1.82) is 0 Å². The van der Waals surface area contributed by atoms with Crippen molar-refractivity contribution < 1.29 is 26.3 Å². The zero-order chi connectivity index (χ0) is 31.2. The van der Waals surface area contributed by atoms with Crippen molar-refractivity contribution in [2.75, 3.05) is 44.4 Å². The summed E-state index contributed by atoms with van der Waals surface area (Å²) >= 11 is 0. The number of ether oxygens (including phenoxy) is 1. The summed E-state index contributed by atoms with van der Waals surface area (Å²) in [5.74, 6) is 6.12. The number of methoxy groups -OCH3 is 1. The first-order valence-electron chi connectivity index (χ1n) is 14.5. The maximum absolute atomic E-state index is 13.6. The molecule has 0 atom stereocenters. The molecule has 0 saturated heterocycles. The first-order chi connectivity index (χ1) is 20.5. The summed E-state index contributed by atoms with van der Waals surface area (Å²) in [6, 6.07) is 12.3.